The molecule has 28 valence electrons. The molecule has 3 atom stereocenters. The van der Waals surface area contributed by atoms with E-state index in [1.807, 2.05) is 0 Å². The van der Waals surface area contributed by atoms with E-state index < -0.39 is 0 Å². The van der Waals surface area contributed by atoms with Crippen LogP contribution in [0.15, 0.2) is 0 Å². The molecule has 0 nitrogen and oxygen atoms in total. The van der Waals surface area contributed by atoms with Gasteiger partial charge in [-0.3, -0.25) is 0 Å². The van der Waals surface area contributed by atoms with Crippen LogP contribution in [0.5, 0.6) is 0 Å². The zero-order valence-electron chi connectivity index (χ0n) is 3.23. The lowest BCUT2D eigenvalue weighted by Crippen LogP contribution is -1.71. The van der Waals surface area contributed by atoms with Crippen molar-refractivity contribution in [3.8, 4) is 0 Å². The fourth-order valence-electron chi connectivity index (χ4n) is 0. The molecular weight excluding hydrogens is 115 g/mol. The molecule has 5 heteroatoms. The summed E-state index contributed by atoms with van der Waals surface area (Å²) in [4.78, 5) is 0. The van der Waals surface area contributed by atoms with Gasteiger partial charge in [0.05, 0.1) is 0 Å². The summed E-state index contributed by atoms with van der Waals surface area (Å²) in [5.74, 6) is 0.745. The van der Waals surface area contributed by atoms with Gasteiger partial charge in [-0.2, -0.15) is 26.6 Å². The van der Waals surface area contributed by atoms with Crippen molar-refractivity contribution < 1.29 is 0 Å². The SMILES string of the molecule is BPB(P)P. The maximum absolute atomic E-state index is 2.71. The smallest absolute Gasteiger partial charge is 0.186 e. The summed E-state index contributed by atoms with van der Waals surface area (Å²) in [6, 6.07) is 0. The van der Waals surface area contributed by atoms with Crippen LogP contribution in [0.3, 0.4) is 0 Å². The van der Waals surface area contributed by atoms with Crippen molar-refractivity contribution in [2.24, 2.45) is 0 Å². The van der Waals surface area contributed by atoms with Gasteiger partial charge in [0.25, 0.3) is 0 Å². The number of rotatable bonds is 1. The van der Waals surface area contributed by atoms with Gasteiger partial charge >= 0.3 is 0 Å². The lowest BCUT2D eigenvalue weighted by Gasteiger charge is -1.85. The fourth-order valence-corrected chi connectivity index (χ4v) is 0. The Bertz CT molecular complexity index is 18.9. The molecule has 0 amide bonds. The Morgan fingerprint density at radius 3 is 1.80 bits per heavy atom. The Morgan fingerprint density at radius 1 is 1.60 bits per heavy atom. The molecule has 0 aliphatic rings. The molecule has 0 aliphatic carbocycles. The van der Waals surface area contributed by atoms with E-state index in [1.165, 1.54) is 0 Å². The third kappa shape index (κ3) is 5.42. The molecule has 0 aromatic carbocycles. The van der Waals surface area contributed by atoms with Gasteiger partial charge in [-0.25, -0.2) is 0 Å². The van der Waals surface area contributed by atoms with Gasteiger partial charge in [0, 0.05) is 0 Å². The Kier molecular flexibility index (Phi) is 4.63. The van der Waals surface area contributed by atoms with E-state index in [1.54, 1.807) is 0 Å². The molecule has 0 aromatic rings. The minimum Gasteiger partial charge on any atom is -0.186 e. The van der Waals surface area contributed by atoms with Crippen molar-refractivity contribution in [1.29, 1.82) is 0 Å². The van der Waals surface area contributed by atoms with Gasteiger partial charge in [0.15, 0.2) is 0 Å². The van der Waals surface area contributed by atoms with Crippen molar-refractivity contribution in [3.05, 3.63) is 0 Å². The largest absolute Gasteiger partial charge is 0.203 e. The van der Waals surface area contributed by atoms with Crippen LogP contribution in [-0.2, 0) is 0 Å². The molecule has 0 saturated carbocycles. The second-order valence-electron chi connectivity index (χ2n) is 0.814. The Labute approximate surface area is 40.8 Å². The van der Waals surface area contributed by atoms with Crippen LogP contribution in [-0.4, -0.2) is 13.4 Å². The second kappa shape index (κ2) is 3.60. The first-order valence-corrected chi connectivity index (χ1v) is 4.37. The summed E-state index contributed by atoms with van der Waals surface area (Å²) in [5.41, 5.74) is 0. The molecule has 3 unspecified atom stereocenters. The van der Waals surface area contributed by atoms with Gasteiger partial charge in [-0.05, 0) is 0 Å². The van der Waals surface area contributed by atoms with Crippen molar-refractivity contribution in [2.75, 3.05) is 0 Å². The first-order chi connectivity index (χ1) is 2.27. The topological polar surface area (TPSA) is 0 Å². The van der Waals surface area contributed by atoms with Crippen molar-refractivity contribution in [1.82, 2.24) is 0 Å². The van der Waals surface area contributed by atoms with Crippen molar-refractivity contribution >= 4 is 40.0 Å². The molecule has 0 rings (SSSR count). The predicted octanol–water partition coefficient (Wildman–Crippen LogP) is -0.0519. The van der Waals surface area contributed by atoms with Crippen LogP contribution >= 0.6 is 26.6 Å². The molecule has 0 saturated heterocycles. The average Bonchev–Trinajstić information content (AvgIpc) is 1.38. The first kappa shape index (κ1) is 6.42. The van der Waals surface area contributed by atoms with Gasteiger partial charge in [-0.1, -0.05) is 0 Å². The van der Waals surface area contributed by atoms with Crippen LogP contribution in [0.2, 0.25) is 0 Å². The predicted molar refractivity (Wildman–Crippen MR) is 42.0 cm³/mol. The maximum Gasteiger partial charge on any atom is 0.203 e. The van der Waals surface area contributed by atoms with Crippen LogP contribution in [0.4, 0.5) is 0 Å². The fraction of sp³-hybridized carbons (Fsp3) is 0. The summed E-state index contributed by atoms with van der Waals surface area (Å²) in [6.45, 7) is 0. The second-order valence-corrected chi connectivity index (χ2v) is 5.60. The molecule has 0 fully saturated rings. The summed E-state index contributed by atoms with van der Waals surface area (Å²) in [6.07, 6.45) is 0. The molecule has 0 N–H and O–H groups in total. The Morgan fingerprint density at radius 2 is 1.80 bits per heavy atom. The van der Waals surface area contributed by atoms with E-state index >= 15 is 0 Å². The van der Waals surface area contributed by atoms with E-state index in [-0.39, 0.29) is 0 Å². The third-order valence-corrected chi connectivity index (χ3v) is 3.00. The maximum atomic E-state index is 2.71. The highest BCUT2D eigenvalue weighted by atomic mass is 31.1. The van der Waals surface area contributed by atoms with Gasteiger partial charge in [-0.15, -0.1) is 0 Å². The zero-order valence-corrected chi connectivity index (χ0v) is 6.54. The summed E-state index contributed by atoms with van der Waals surface area (Å²) in [5, 5.41) is 0. The lowest BCUT2D eigenvalue weighted by molar-refractivity contribution is 4.40. The molecular formula is H7B2P3. The molecule has 0 radical (unpaired) electrons. The van der Waals surface area contributed by atoms with Gasteiger partial charge in [0.2, 0.25) is 5.87 Å². The molecule has 0 heterocycles. The Hall–Kier alpha value is 1.42. The van der Waals surface area contributed by atoms with E-state index in [0.29, 0.717) is 0 Å². The van der Waals surface area contributed by atoms with E-state index in [9.17, 15) is 0 Å². The van der Waals surface area contributed by atoms with Crippen LogP contribution in [0, 0.1) is 0 Å². The summed E-state index contributed by atoms with van der Waals surface area (Å²) >= 11 is 0. The van der Waals surface area contributed by atoms with Gasteiger partial charge < -0.3 is 0 Å². The van der Waals surface area contributed by atoms with Crippen LogP contribution in [0.25, 0.3) is 0 Å². The Balaban J connectivity index is 2.54. The molecule has 0 aromatic heterocycles. The highest BCUT2D eigenvalue weighted by molar-refractivity contribution is 8.28. The van der Waals surface area contributed by atoms with Crippen LogP contribution < -0.4 is 0 Å². The van der Waals surface area contributed by atoms with Gasteiger partial charge in [0.1, 0.15) is 7.57 Å². The van der Waals surface area contributed by atoms with E-state index in [0.717, 1.165) is 14.2 Å². The van der Waals surface area contributed by atoms with E-state index in [4.69, 9.17) is 0 Å². The quantitative estimate of drug-likeness (QED) is 0.337. The minimum atomic E-state index is 0.745. The molecule has 5 heavy (non-hydrogen) atoms. The number of hydrogen-bond donors (Lipinski definition) is 0. The first-order valence-electron chi connectivity index (χ1n) is 1.46. The minimum absolute atomic E-state index is 0.745. The highest BCUT2D eigenvalue weighted by Crippen LogP contribution is 2.19. The standard InChI is InChI=1S/B2H7P3/c1-5-2(3)4/h5H,1,3-4H2. The molecule has 0 spiro atoms. The normalized spacial score (nSPS) is 10.0. The third-order valence-electron chi connectivity index (χ3n) is 0.333. The number of hydrogen-bond acceptors (Lipinski definition) is 0. The summed E-state index contributed by atoms with van der Waals surface area (Å²) < 4.78 is 0. The highest BCUT2D eigenvalue weighted by Gasteiger charge is 1.87. The zero-order chi connectivity index (χ0) is 4.28. The van der Waals surface area contributed by atoms with Crippen molar-refractivity contribution in [3.63, 3.8) is 0 Å². The molecule has 0 aliphatic heterocycles. The lowest BCUT2D eigenvalue weighted by atomic mass is 10.6. The van der Waals surface area contributed by atoms with E-state index in [2.05, 4.69) is 25.8 Å². The van der Waals surface area contributed by atoms with Crippen LogP contribution in [0.1, 0.15) is 0 Å². The summed E-state index contributed by atoms with van der Waals surface area (Å²) in [7, 11) is 8.64. The monoisotopic (exact) mass is 122 g/mol. The average molecular weight is 122 g/mol. The molecule has 0 bridgehead atoms. The van der Waals surface area contributed by atoms with Crippen molar-refractivity contribution in [2.45, 2.75) is 0 Å².